The number of rotatable bonds is 3. The van der Waals surface area contributed by atoms with Gasteiger partial charge in [-0.2, -0.15) is 18.3 Å². The molecule has 1 heterocycles. The van der Waals surface area contributed by atoms with Crippen molar-refractivity contribution in [3.63, 3.8) is 0 Å². The van der Waals surface area contributed by atoms with Gasteiger partial charge in [-0.15, -0.1) is 0 Å². The lowest BCUT2D eigenvalue weighted by molar-refractivity contribution is -0.192. The maximum Gasteiger partial charge on any atom is 0.490 e. The van der Waals surface area contributed by atoms with E-state index in [9.17, 15) is 18.0 Å². The van der Waals surface area contributed by atoms with Crippen molar-refractivity contribution in [1.29, 1.82) is 0 Å². The number of aryl methyl sites for hydroxylation is 1. The molecule has 1 N–H and O–H groups in total. The summed E-state index contributed by atoms with van der Waals surface area (Å²) in [7, 11) is 3.56. The zero-order chi connectivity index (χ0) is 23.5. The molecule has 0 radical (unpaired) electrons. The Balaban J connectivity index is 0.000000558. The molecular weight excluding hydrogens is 458 g/mol. The Morgan fingerprint density at radius 3 is 2.32 bits per heavy atom. The Labute approximate surface area is 187 Å². The third-order valence-electron chi connectivity index (χ3n) is 4.35. The second kappa shape index (κ2) is 9.57. The topological polar surface area (TPSA) is 75.4 Å². The summed E-state index contributed by atoms with van der Waals surface area (Å²) in [5.74, 6) is -2.81. The lowest BCUT2D eigenvalue weighted by Crippen LogP contribution is -2.28. The van der Waals surface area contributed by atoms with Gasteiger partial charge < -0.3 is 10.0 Å². The van der Waals surface area contributed by atoms with Crippen LogP contribution in [0.15, 0.2) is 36.4 Å². The summed E-state index contributed by atoms with van der Waals surface area (Å²) in [4.78, 5) is 23.2. The Morgan fingerprint density at radius 1 is 1.19 bits per heavy atom. The van der Waals surface area contributed by atoms with Crippen molar-refractivity contribution < 1.29 is 29.3 Å². The van der Waals surface area contributed by atoms with Crippen molar-refractivity contribution >= 4 is 46.0 Å². The number of hydrogen-bond donors (Lipinski definition) is 1. The zero-order valence-electron chi connectivity index (χ0n) is 16.7. The first-order chi connectivity index (χ1) is 14.4. The van der Waals surface area contributed by atoms with Gasteiger partial charge in [0.1, 0.15) is 11.2 Å². The fraction of sp³-hybridized carbons (Fsp3) is 0.250. The van der Waals surface area contributed by atoms with Crippen LogP contribution < -0.4 is 0 Å². The molecule has 0 saturated carbocycles. The van der Waals surface area contributed by atoms with Crippen molar-refractivity contribution in [3.8, 4) is 11.1 Å². The highest BCUT2D eigenvalue weighted by molar-refractivity contribution is 6.36. The van der Waals surface area contributed by atoms with Crippen LogP contribution in [0.4, 0.5) is 13.2 Å². The average Bonchev–Trinajstić information content (AvgIpc) is 3.02. The van der Waals surface area contributed by atoms with Crippen LogP contribution in [0.3, 0.4) is 0 Å². The van der Waals surface area contributed by atoms with Gasteiger partial charge in [-0.1, -0.05) is 47.5 Å². The monoisotopic (exact) mass is 477 g/mol. The largest absolute Gasteiger partial charge is 0.490 e. The number of carbonyl (C=O) groups is 2. The summed E-state index contributed by atoms with van der Waals surface area (Å²) >= 11 is 12.3. The lowest BCUT2D eigenvalue weighted by atomic mass is 10.0. The Hall–Kier alpha value is -2.78. The molecule has 0 aliphatic carbocycles. The van der Waals surface area contributed by atoms with Crippen LogP contribution in [0, 0.1) is 0 Å². The van der Waals surface area contributed by atoms with Crippen molar-refractivity contribution in [2.45, 2.75) is 13.1 Å². The first-order valence-corrected chi connectivity index (χ1v) is 9.60. The number of amides is 1. The summed E-state index contributed by atoms with van der Waals surface area (Å²) < 4.78 is 33.4. The number of aromatic nitrogens is 2. The Kier molecular flexibility index (Phi) is 7.56. The number of nitrogens with zero attached hydrogens (tertiary/aromatic N) is 3. The van der Waals surface area contributed by atoms with Gasteiger partial charge >= 0.3 is 12.1 Å². The third-order valence-corrected chi connectivity index (χ3v) is 4.90. The predicted octanol–water partition coefficient (Wildman–Crippen LogP) is 5.52. The number of carboxylic acids is 1. The summed E-state index contributed by atoms with van der Waals surface area (Å²) in [6.45, 7) is 2.57. The molecule has 0 saturated heterocycles. The standard InChI is InChI=1S/C18H17Cl2N3O.C2HF3O2.H2/c1-4-22(2)18(24)17-14-7-5-6-13(16(14)21-23(17)3)12-9-8-11(19)10-15(12)20;3-2(4,5)1(6)7;/h5-10H,4H2,1-3H3;(H,6,7);1H. The molecule has 3 aromatic rings. The van der Waals surface area contributed by atoms with Crippen molar-refractivity contribution in [1.82, 2.24) is 14.7 Å². The molecule has 1 amide bonds. The molecule has 0 bridgehead atoms. The van der Waals surface area contributed by atoms with Gasteiger partial charge in [-0.3, -0.25) is 9.48 Å². The van der Waals surface area contributed by atoms with E-state index < -0.39 is 12.1 Å². The number of benzene rings is 2. The summed E-state index contributed by atoms with van der Waals surface area (Å²) in [6, 6.07) is 11.1. The van der Waals surface area contributed by atoms with Crippen LogP contribution >= 0.6 is 23.2 Å². The second-order valence-corrected chi connectivity index (χ2v) is 7.26. The minimum atomic E-state index is -5.08. The van der Waals surface area contributed by atoms with Crippen molar-refractivity contribution in [3.05, 3.63) is 52.1 Å². The molecule has 2 aromatic carbocycles. The van der Waals surface area contributed by atoms with E-state index in [1.54, 1.807) is 35.8 Å². The van der Waals surface area contributed by atoms with Gasteiger partial charge in [0.15, 0.2) is 0 Å². The maximum atomic E-state index is 12.7. The van der Waals surface area contributed by atoms with Crippen molar-refractivity contribution in [2.75, 3.05) is 13.6 Å². The minimum absolute atomic E-state index is 0. The van der Waals surface area contributed by atoms with Gasteiger partial charge in [0.2, 0.25) is 0 Å². The Bertz CT molecular complexity index is 1140. The molecule has 0 aliphatic rings. The third kappa shape index (κ3) is 5.48. The number of hydrogen-bond acceptors (Lipinski definition) is 3. The van der Waals surface area contributed by atoms with E-state index in [2.05, 4.69) is 5.10 Å². The van der Waals surface area contributed by atoms with Crippen molar-refractivity contribution in [2.24, 2.45) is 7.05 Å². The van der Waals surface area contributed by atoms with Gasteiger partial charge in [0.05, 0.1) is 0 Å². The molecule has 3 rings (SSSR count). The fourth-order valence-corrected chi connectivity index (χ4v) is 3.23. The van der Waals surface area contributed by atoms with E-state index in [1.807, 2.05) is 31.2 Å². The van der Waals surface area contributed by atoms with Crippen LogP contribution in [0.1, 0.15) is 18.8 Å². The molecule has 6 nitrogen and oxygen atoms in total. The number of halogens is 5. The van der Waals surface area contributed by atoms with E-state index in [0.29, 0.717) is 22.3 Å². The second-order valence-electron chi connectivity index (χ2n) is 6.42. The molecule has 1 aromatic heterocycles. The van der Waals surface area contributed by atoms with Crippen LogP contribution in [0.25, 0.3) is 22.0 Å². The van der Waals surface area contributed by atoms with Crippen LogP contribution in [-0.4, -0.2) is 51.4 Å². The highest BCUT2D eigenvalue weighted by Crippen LogP contribution is 2.35. The molecule has 0 atom stereocenters. The van der Waals surface area contributed by atoms with E-state index in [-0.39, 0.29) is 7.33 Å². The molecule has 0 unspecified atom stereocenters. The van der Waals surface area contributed by atoms with Crippen LogP contribution in [-0.2, 0) is 11.8 Å². The summed E-state index contributed by atoms with van der Waals surface area (Å²) in [5, 5.41) is 13.6. The first kappa shape index (κ1) is 24.5. The van der Waals surface area contributed by atoms with Gasteiger partial charge in [-0.05, 0) is 19.1 Å². The molecule has 0 aliphatic heterocycles. The molecule has 0 spiro atoms. The molecular formula is C20H20Cl2F3N3O3. The highest BCUT2D eigenvalue weighted by atomic mass is 35.5. The number of aliphatic carboxylic acids is 1. The van der Waals surface area contributed by atoms with E-state index in [4.69, 9.17) is 33.1 Å². The van der Waals surface area contributed by atoms with Gasteiger partial charge in [0.25, 0.3) is 5.91 Å². The van der Waals surface area contributed by atoms with E-state index in [0.717, 1.165) is 22.0 Å². The van der Waals surface area contributed by atoms with Crippen LogP contribution in [0.2, 0.25) is 10.0 Å². The lowest BCUT2D eigenvalue weighted by Gasteiger charge is -2.14. The average molecular weight is 478 g/mol. The van der Waals surface area contributed by atoms with E-state index >= 15 is 0 Å². The number of carboxylic acid groups (broad SMARTS) is 1. The molecule has 168 valence electrons. The quantitative estimate of drug-likeness (QED) is 0.538. The predicted molar refractivity (Wildman–Crippen MR) is 115 cm³/mol. The molecule has 31 heavy (non-hydrogen) atoms. The van der Waals surface area contributed by atoms with Gasteiger partial charge in [-0.25, -0.2) is 4.79 Å². The molecule has 0 fully saturated rings. The minimum Gasteiger partial charge on any atom is -0.475 e. The normalized spacial score (nSPS) is 11.1. The maximum absolute atomic E-state index is 12.7. The fourth-order valence-electron chi connectivity index (χ4n) is 2.72. The summed E-state index contributed by atoms with van der Waals surface area (Å²) in [6.07, 6.45) is -5.08. The van der Waals surface area contributed by atoms with E-state index in [1.165, 1.54) is 0 Å². The van der Waals surface area contributed by atoms with Gasteiger partial charge in [0, 0.05) is 48.6 Å². The number of alkyl halides is 3. The molecule has 11 heteroatoms. The number of fused-ring (bicyclic) bond motifs is 1. The zero-order valence-corrected chi connectivity index (χ0v) is 18.2. The SMILES string of the molecule is CCN(C)C(=O)c1c2cccc(-c3ccc(Cl)cc3Cl)c2nn1C.O=C(O)C(F)(F)F.[HH]. The number of carbonyl (C=O) groups excluding carboxylic acids is 1. The first-order valence-electron chi connectivity index (χ1n) is 8.85. The highest BCUT2D eigenvalue weighted by Gasteiger charge is 2.38. The smallest absolute Gasteiger partial charge is 0.475 e. The Morgan fingerprint density at radius 2 is 1.81 bits per heavy atom. The van der Waals surface area contributed by atoms with Crippen LogP contribution in [0.5, 0.6) is 0 Å². The summed E-state index contributed by atoms with van der Waals surface area (Å²) in [5.41, 5.74) is 3.04.